The molecule has 0 spiro atoms. The highest BCUT2D eigenvalue weighted by atomic mass is 15.0. The predicted molar refractivity (Wildman–Crippen MR) is 202 cm³/mol. The van der Waals surface area contributed by atoms with E-state index in [4.69, 9.17) is 9.97 Å². The molecule has 2 heterocycles. The lowest BCUT2D eigenvalue weighted by Crippen LogP contribution is -2.17. The molecule has 2 aliphatic carbocycles. The first-order valence-electron chi connectivity index (χ1n) is 17.2. The topological polar surface area (TPSA) is 30.7 Å². The molecule has 234 valence electrons. The average molecular weight is 630 g/mol. The molecule has 3 nitrogen and oxygen atoms in total. The molecule has 0 aliphatic heterocycles. The van der Waals surface area contributed by atoms with Crippen molar-refractivity contribution in [2.45, 2.75) is 38.5 Å². The molecule has 8 aromatic rings. The zero-order chi connectivity index (χ0) is 33.1. The number of para-hydroxylation sites is 1. The van der Waals surface area contributed by atoms with Gasteiger partial charge in [-0.05, 0) is 52.1 Å². The van der Waals surface area contributed by atoms with Gasteiger partial charge >= 0.3 is 0 Å². The third kappa shape index (κ3) is 3.79. The summed E-state index contributed by atoms with van der Waals surface area (Å²) in [4.78, 5) is 10.6. The Morgan fingerprint density at radius 3 is 1.96 bits per heavy atom. The van der Waals surface area contributed by atoms with Gasteiger partial charge in [0.2, 0.25) is 0 Å². The molecule has 6 aromatic carbocycles. The van der Waals surface area contributed by atoms with Gasteiger partial charge in [-0.1, -0.05) is 143 Å². The Balaban J connectivity index is 1.24. The van der Waals surface area contributed by atoms with Crippen LogP contribution in [0.5, 0.6) is 0 Å². The summed E-state index contributed by atoms with van der Waals surface area (Å²) in [6, 6.07) is 50.5. The monoisotopic (exact) mass is 629 g/mol. The van der Waals surface area contributed by atoms with Crippen LogP contribution in [0, 0.1) is 0 Å². The van der Waals surface area contributed by atoms with E-state index in [0.29, 0.717) is 0 Å². The van der Waals surface area contributed by atoms with Crippen LogP contribution in [0.2, 0.25) is 0 Å². The minimum absolute atomic E-state index is 0.0581. The van der Waals surface area contributed by atoms with E-state index in [0.717, 1.165) is 34.0 Å². The van der Waals surface area contributed by atoms with Gasteiger partial charge in [0, 0.05) is 49.5 Å². The molecule has 10 rings (SSSR count). The molecule has 0 saturated heterocycles. The Hall–Kier alpha value is -5.80. The van der Waals surface area contributed by atoms with Crippen LogP contribution in [0.25, 0.3) is 72.5 Å². The van der Waals surface area contributed by atoms with Gasteiger partial charge in [0.1, 0.15) is 0 Å². The van der Waals surface area contributed by atoms with Gasteiger partial charge in [-0.25, -0.2) is 9.97 Å². The molecule has 2 aliphatic rings. The summed E-state index contributed by atoms with van der Waals surface area (Å²) in [6.45, 7) is 9.33. The van der Waals surface area contributed by atoms with Crippen LogP contribution in [0.1, 0.15) is 49.9 Å². The largest absolute Gasteiger partial charge is 0.309 e. The van der Waals surface area contributed by atoms with Gasteiger partial charge in [0.05, 0.1) is 22.4 Å². The number of benzene rings is 6. The van der Waals surface area contributed by atoms with E-state index >= 15 is 0 Å². The number of fused-ring (bicyclic) bond motifs is 10. The standard InChI is InChI=1S/C46H35N3/c1-45(2)34-22-11-8-19-31(34)39-36(45)25-26-38-40(39)33-21-10-13-24-37(33)49(38)30-18-14-17-29(27-30)42-41-43(32-20-9-12-23-35(32)46(41,3)4)48-44(47-42)28-15-6-5-7-16-28/h5-27H,1-4H3. The maximum Gasteiger partial charge on any atom is 0.160 e. The minimum Gasteiger partial charge on any atom is -0.309 e. The minimum atomic E-state index is -0.250. The lowest BCUT2D eigenvalue weighted by atomic mass is 9.81. The molecular formula is C46H35N3. The normalized spacial score (nSPS) is 14.9. The van der Waals surface area contributed by atoms with E-state index in [1.54, 1.807) is 0 Å². The molecule has 0 radical (unpaired) electrons. The molecule has 0 N–H and O–H groups in total. The van der Waals surface area contributed by atoms with Crippen LogP contribution < -0.4 is 0 Å². The fourth-order valence-electron chi connectivity index (χ4n) is 8.86. The number of hydrogen-bond donors (Lipinski definition) is 0. The quantitative estimate of drug-likeness (QED) is 0.195. The Kier molecular flexibility index (Phi) is 5.69. The highest BCUT2D eigenvalue weighted by molar-refractivity contribution is 6.18. The number of hydrogen-bond acceptors (Lipinski definition) is 2. The van der Waals surface area contributed by atoms with Crippen LogP contribution in [0.4, 0.5) is 0 Å². The SMILES string of the molecule is CC1(C)c2ccccc2-c2c1ccc1c2c2ccccc2n1-c1cccc(-c2nc(-c3ccccc3)nc3c2C(C)(C)c2ccccc2-3)c1. The van der Waals surface area contributed by atoms with Crippen molar-refractivity contribution < 1.29 is 0 Å². The summed E-state index contributed by atoms with van der Waals surface area (Å²) in [5.74, 6) is 0.751. The third-order valence-electron chi connectivity index (χ3n) is 11.2. The van der Waals surface area contributed by atoms with E-state index in [1.807, 2.05) is 6.07 Å². The third-order valence-corrected chi connectivity index (χ3v) is 11.2. The number of nitrogens with zero attached hydrogens (tertiary/aromatic N) is 3. The van der Waals surface area contributed by atoms with E-state index < -0.39 is 0 Å². The zero-order valence-corrected chi connectivity index (χ0v) is 28.1. The molecule has 0 amide bonds. The van der Waals surface area contributed by atoms with Crippen LogP contribution >= 0.6 is 0 Å². The van der Waals surface area contributed by atoms with Crippen LogP contribution in [-0.2, 0) is 10.8 Å². The van der Waals surface area contributed by atoms with Crippen molar-refractivity contribution in [2.75, 3.05) is 0 Å². The fourth-order valence-corrected chi connectivity index (χ4v) is 8.86. The molecule has 2 aromatic heterocycles. The lowest BCUT2D eigenvalue weighted by Gasteiger charge is -2.24. The molecule has 0 unspecified atom stereocenters. The molecule has 3 heteroatoms. The van der Waals surface area contributed by atoms with Gasteiger partial charge in [-0.3, -0.25) is 0 Å². The summed E-state index contributed by atoms with van der Waals surface area (Å²) < 4.78 is 2.45. The lowest BCUT2D eigenvalue weighted by molar-refractivity contribution is 0.658. The maximum atomic E-state index is 5.38. The maximum absolute atomic E-state index is 5.38. The zero-order valence-electron chi connectivity index (χ0n) is 28.1. The molecular weight excluding hydrogens is 595 g/mol. The van der Waals surface area contributed by atoms with Crippen molar-refractivity contribution in [3.63, 3.8) is 0 Å². The summed E-state index contributed by atoms with van der Waals surface area (Å²) in [7, 11) is 0. The van der Waals surface area contributed by atoms with Gasteiger partial charge in [0.15, 0.2) is 5.82 Å². The Morgan fingerprint density at radius 1 is 0.490 bits per heavy atom. The van der Waals surface area contributed by atoms with Gasteiger partial charge < -0.3 is 4.57 Å². The first kappa shape index (κ1) is 28.2. The summed E-state index contributed by atoms with van der Waals surface area (Å²) in [6.07, 6.45) is 0. The predicted octanol–water partition coefficient (Wildman–Crippen LogP) is 11.5. The number of aromatic nitrogens is 3. The van der Waals surface area contributed by atoms with Gasteiger partial charge in [0.25, 0.3) is 0 Å². The molecule has 49 heavy (non-hydrogen) atoms. The summed E-state index contributed by atoms with van der Waals surface area (Å²) in [5, 5.41) is 2.60. The Labute approximate surface area is 286 Å². The van der Waals surface area contributed by atoms with Crippen molar-refractivity contribution in [3.05, 3.63) is 162 Å². The second-order valence-corrected chi connectivity index (χ2v) is 14.6. The molecule has 0 bridgehead atoms. The summed E-state index contributed by atoms with van der Waals surface area (Å²) >= 11 is 0. The first-order valence-corrected chi connectivity index (χ1v) is 17.2. The molecule has 0 atom stereocenters. The number of rotatable bonds is 3. The summed E-state index contributed by atoms with van der Waals surface area (Å²) in [5.41, 5.74) is 16.5. The highest BCUT2D eigenvalue weighted by Gasteiger charge is 2.40. The smallest absolute Gasteiger partial charge is 0.160 e. The van der Waals surface area contributed by atoms with Gasteiger partial charge in [-0.2, -0.15) is 0 Å². The van der Waals surface area contributed by atoms with Crippen molar-refractivity contribution in [1.82, 2.24) is 14.5 Å². The van der Waals surface area contributed by atoms with Crippen molar-refractivity contribution >= 4 is 21.8 Å². The fraction of sp³-hybridized carbons (Fsp3) is 0.130. The Bertz CT molecular complexity index is 2660. The highest BCUT2D eigenvalue weighted by Crippen LogP contribution is 2.54. The molecule has 0 saturated carbocycles. The van der Waals surface area contributed by atoms with Crippen molar-refractivity contribution in [2.24, 2.45) is 0 Å². The van der Waals surface area contributed by atoms with Crippen LogP contribution in [0.3, 0.4) is 0 Å². The van der Waals surface area contributed by atoms with E-state index in [1.165, 1.54) is 60.8 Å². The van der Waals surface area contributed by atoms with Crippen molar-refractivity contribution in [3.8, 4) is 50.7 Å². The Morgan fingerprint density at radius 2 is 1.14 bits per heavy atom. The second-order valence-electron chi connectivity index (χ2n) is 14.6. The first-order chi connectivity index (χ1) is 23.8. The molecule has 0 fully saturated rings. The average Bonchev–Trinajstić information content (AvgIpc) is 3.69. The van der Waals surface area contributed by atoms with Crippen molar-refractivity contribution in [1.29, 1.82) is 0 Å². The van der Waals surface area contributed by atoms with Crippen LogP contribution in [-0.4, -0.2) is 14.5 Å². The van der Waals surface area contributed by atoms with E-state index in [-0.39, 0.29) is 10.8 Å². The van der Waals surface area contributed by atoms with E-state index in [2.05, 4.69) is 166 Å². The van der Waals surface area contributed by atoms with Crippen LogP contribution in [0.15, 0.2) is 140 Å². The van der Waals surface area contributed by atoms with Gasteiger partial charge in [-0.15, -0.1) is 0 Å². The van der Waals surface area contributed by atoms with E-state index in [9.17, 15) is 0 Å². The second kappa shape index (κ2) is 9.87.